The predicted octanol–water partition coefficient (Wildman–Crippen LogP) is 3.71. The van der Waals surface area contributed by atoms with Crippen molar-refractivity contribution in [2.75, 3.05) is 6.61 Å². The average Bonchev–Trinajstić information content (AvgIpc) is 2.58. The second kappa shape index (κ2) is 6.95. The summed E-state index contributed by atoms with van der Waals surface area (Å²) in [6.45, 7) is 6.68. The zero-order chi connectivity index (χ0) is 17.1. The summed E-state index contributed by atoms with van der Waals surface area (Å²) in [5, 5.41) is 17.1. The fourth-order valence-electron chi connectivity index (χ4n) is 3.01. The number of aryl methyl sites for hydroxylation is 1. The molecule has 0 fully saturated rings. The summed E-state index contributed by atoms with van der Waals surface area (Å²) in [5.41, 5.74) is 2.74. The van der Waals surface area contributed by atoms with Crippen LogP contribution in [0.4, 0.5) is 0 Å². The van der Waals surface area contributed by atoms with E-state index in [1.165, 1.54) is 5.56 Å². The Morgan fingerprint density at radius 1 is 1.17 bits per heavy atom. The van der Waals surface area contributed by atoms with E-state index in [1.807, 2.05) is 31.2 Å². The first-order valence-corrected chi connectivity index (χ1v) is 8.39. The van der Waals surface area contributed by atoms with Gasteiger partial charge in [0.2, 0.25) is 5.90 Å². The number of hydrogen-bond acceptors (Lipinski definition) is 4. The topological polar surface area (TPSA) is 45.1 Å². The Morgan fingerprint density at radius 3 is 2.62 bits per heavy atom. The van der Waals surface area contributed by atoms with E-state index < -0.39 is 0 Å². The number of ether oxygens (including phenoxy) is 1. The van der Waals surface area contributed by atoms with Gasteiger partial charge in [0.1, 0.15) is 12.4 Å². The van der Waals surface area contributed by atoms with Crippen LogP contribution in [0.2, 0.25) is 0 Å². The maximum absolute atomic E-state index is 10.3. The van der Waals surface area contributed by atoms with E-state index in [-0.39, 0.29) is 17.8 Å². The molecule has 4 heteroatoms. The molecule has 0 aromatic heterocycles. The number of aromatic hydroxyl groups is 1. The minimum Gasteiger partial charge on any atom is -0.507 e. The summed E-state index contributed by atoms with van der Waals surface area (Å²) in [6, 6.07) is 16.5. The zero-order valence-corrected chi connectivity index (χ0v) is 14.4. The molecule has 0 saturated heterocycles. The highest BCUT2D eigenvalue weighted by Crippen LogP contribution is 2.26. The van der Waals surface area contributed by atoms with Gasteiger partial charge in [0.05, 0.1) is 11.6 Å². The molecule has 0 saturated carbocycles. The first-order valence-electron chi connectivity index (χ1n) is 8.39. The number of benzene rings is 2. The van der Waals surface area contributed by atoms with Crippen LogP contribution in [0.3, 0.4) is 0 Å². The first kappa shape index (κ1) is 16.4. The molecule has 1 atom stereocenters. The Morgan fingerprint density at radius 2 is 1.92 bits per heavy atom. The van der Waals surface area contributed by atoms with Crippen LogP contribution in [0.15, 0.2) is 53.6 Å². The lowest BCUT2D eigenvalue weighted by Crippen LogP contribution is -2.45. The molecule has 3 rings (SSSR count). The van der Waals surface area contributed by atoms with E-state index in [0.29, 0.717) is 18.1 Å². The van der Waals surface area contributed by atoms with Gasteiger partial charge in [0.15, 0.2) is 0 Å². The van der Waals surface area contributed by atoms with Gasteiger partial charge in [-0.25, -0.2) is 0 Å². The third-order valence-electron chi connectivity index (χ3n) is 4.30. The van der Waals surface area contributed by atoms with E-state index in [4.69, 9.17) is 9.84 Å². The van der Waals surface area contributed by atoms with Crippen molar-refractivity contribution in [1.29, 1.82) is 0 Å². The van der Waals surface area contributed by atoms with E-state index in [1.54, 1.807) is 0 Å². The van der Waals surface area contributed by atoms with Gasteiger partial charge in [0, 0.05) is 6.04 Å². The molecule has 2 aromatic rings. The summed E-state index contributed by atoms with van der Waals surface area (Å²) >= 11 is 0. The lowest BCUT2D eigenvalue weighted by Gasteiger charge is -2.36. The van der Waals surface area contributed by atoms with Crippen molar-refractivity contribution in [2.24, 2.45) is 5.10 Å². The quantitative estimate of drug-likeness (QED) is 0.932. The Labute approximate surface area is 143 Å². The SMILES string of the molecule is Cc1cccc(C2=NN(C(C)C)[C@@H](Cc3ccccc3)CO2)c1O. The third-order valence-corrected chi connectivity index (χ3v) is 4.30. The minimum atomic E-state index is 0.183. The number of hydrogen-bond donors (Lipinski definition) is 1. The van der Waals surface area contributed by atoms with Crippen molar-refractivity contribution in [3.8, 4) is 5.75 Å². The Balaban J connectivity index is 1.87. The summed E-state index contributed by atoms with van der Waals surface area (Å²) in [5.74, 6) is 0.732. The van der Waals surface area contributed by atoms with Gasteiger partial charge in [-0.2, -0.15) is 0 Å². The second-order valence-corrected chi connectivity index (χ2v) is 6.50. The van der Waals surface area contributed by atoms with Gasteiger partial charge in [0.25, 0.3) is 0 Å². The van der Waals surface area contributed by atoms with Crippen LogP contribution in [0.5, 0.6) is 5.75 Å². The van der Waals surface area contributed by atoms with Crippen molar-refractivity contribution >= 4 is 5.90 Å². The zero-order valence-electron chi connectivity index (χ0n) is 14.4. The van der Waals surface area contributed by atoms with Crippen LogP contribution in [-0.2, 0) is 11.2 Å². The van der Waals surface area contributed by atoms with Crippen molar-refractivity contribution in [3.63, 3.8) is 0 Å². The van der Waals surface area contributed by atoms with Crippen LogP contribution in [0, 0.1) is 6.92 Å². The van der Waals surface area contributed by atoms with Gasteiger partial charge >= 0.3 is 0 Å². The molecule has 0 spiro atoms. The molecule has 126 valence electrons. The van der Waals surface area contributed by atoms with Crippen LogP contribution in [0.25, 0.3) is 0 Å². The van der Waals surface area contributed by atoms with Gasteiger partial charge in [-0.05, 0) is 44.4 Å². The van der Waals surface area contributed by atoms with Crippen LogP contribution < -0.4 is 0 Å². The second-order valence-electron chi connectivity index (χ2n) is 6.50. The van der Waals surface area contributed by atoms with E-state index in [9.17, 15) is 5.11 Å². The van der Waals surface area contributed by atoms with Crippen LogP contribution >= 0.6 is 0 Å². The molecule has 4 nitrogen and oxygen atoms in total. The van der Waals surface area contributed by atoms with E-state index >= 15 is 0 Å². The first-order chi connectivity index (χ1) is 11.6. The molecule has 0 unspecified atom stereocenters. The predicted molar refractivity (Wildman–Crippen MR) is 96.2 cm³/mol. The highest BCUT2D eigenvalue weighted by Gasteiger charge is 2.28. The number of nitrogens with zero attached hydrogens (tertiary/aromatic N) is 2. The highest BCUT2D eigenvalue weighted by molar-refractivity contribution is 5.97. The molecule has 24 heavy (non-hydrogen) atoms. The van der Waals surface area contributed by atoms with Gasteiger partial charge in [-0.15, -0.1) is 5.10 Å². The summed E-state index contributed by atoms with van der Waals surface area (Å²) in [4.78, 5) is 0. The number of phenolic OH excluding ortho intramolecular Hbond substituents is 1. The molecule has 1 heterocycles. The molecule has 1 N–H and O–H groups in total. The fourth-order valence-corrected chi connectivity index (χ4v) is 3.01. The molecule has 2 aromatic carbocycles. The highest BCUT2D eigenvalue weighted by atomic mass is 16.5. The molecule has 0 bridgehead atoms. The Kier molecular flexibility index (Phi) is 4.74. The minimum absolute atomic E-state index is 0.183. The van der Waals surface area contributed by atoms with Gasteiger partial charge in [-0.3, -0.25) is 5.01 Å². The molecule has 1 aliphatic rings. The summed E-state index contributed by atoms with van der Waals surface area (Å²) < 4.78 is 5.91. The monoisotopic (exact) mass is 324 g/mol. The molecule has 0 radical (unpaired) electrons. The molecule has 0 aliphatic carbocycles. The molecule has 0 amide bonds. The van der Waals surface area contributed by atoms with E-state index in [2.05, 4.69) is 43.1 Å². The maximum atomic E-state index is 10.3. The van der Waals surface area contributed by atoms with Crippen molar-refractivity contribution < 1.29 is 9.84 Å². The lowest BCUT2D eigenvalue weighted by molar-refractivity contribution is 0.0724. The standard InChI is InChI=1S/C20H24N2O2/c1-14(2)22-17(12-16-9-5-4-6-10-16)13-24-20(21-22)18-11-7-8-15(3)19(18)23/h4-11,14,17,23H,12-13H2,1-3H3/t17-/m0/s1. The van der Waals surface area contributed by atoms with Crippen molar-refractivity contribution in [1.82, 2.24) is 5.01 Å². The average molecular weight is 324 g/mol. The van der Waals surface area contributed by atoms with Crippen LogP contribution in [-0.4, -0.2) is 34.7 Å². The number of hydrazone groups is 1. The molecular weight excluding hydrogens is 300 g/mol. The number of para-hydroxylation sites is 1. The lowest BCUT2D eigenvalue weighted by atomic mass is 10.0. The molecule has 1 aliphatic heterocycles. The normalized spacial score (nSPS) is 17.6. The number of rotatable bonds is 4. The Bertz CT molecular complexity index is 726. The van der Waals surface area contributed by atoms with Crippen molar-refractivity contribution in [3.05, 3.63) is 65.2 Å². The smallest absolute Gasteiger partial charge is 0.242 e. The van der Waals surface area contributed by atoms with Gasteiger partial charge in [-0.1, -0.05) is 42.5 Å². The summed E-state index contributed by atoms with van der Waals surface area (Å²) in [6.07, 6.45) is 0.885. The van der Waals surface area contributed by atoms with Crippen LogP contribution in [0.1, 0.15) is 30.5 Å². The van der Waals surface area contributed by atoms with E-state index in [0.717, 1.165) is 12.0 Å². The molecular formula is C20H24N2O2. The maximum Gasteiger partial charge on any atom is 0.242 e. The van der Waals surface area contributed by atoms with Crippen molar-refractivity contribution in [2.45, 2.75) is 39.3 Å². The third kappa shape index (κ3) is 3.37. The summed E-state index contributed by atoms with van der Waals surface area (Å²) in [7, 11) is 0. The largest absolute Gasteiger partial charge is 0.507 e. The fraction of sp³-hybridized carbons (Fsp3) is 0.350. The van der Waals surface area contributed by atoms with Gasteiger partial charge < -0.3 is 9.84 Å². The Hall–Kier alpha value is -2.49. The number of phenols is 1.